The molecule has 0 fully saturated rings. The number of aromatic hydroxyl groups is 1. The molecule has 0 atom stereocenters. The second-order valence-corrected chi connectivity index (χ2v) is 8.92. The maximum absolute atomic E-state index is 10.6. The third-order valence-corrected chi connectivity index (χ3v) is 3.36. The molecule has 0 aliphatic carbocycles. The normalized spacial score (nSPS) is 12.8. The molecule has 0 aliphatic rings. The summed E-state index contributed by atoms with van der Waals surface area (Å²) in [5, 5.41) is 10.6. The number of hydrogen-bond donors (Lipinski definition) is 1. The molecule has 0 radical (unpaired) electrons. The zero-order chi connectivity index (χ0) is 16.6. The Morgan fingerprint density at radius 1 is 0.810 bits per heavy atom. The summed E-state index contributed by atoms with van der Waals surface area (Å²) >= 11 is 0. The van der Waals surface area contributed by atoms with E-state index < -0.39 is 0 Å². The number of phenols is 1. The van der Waals surface area contributed by atoms with Gasteiger partial charge in [-0.2, -0.15) is 0 Å². The Morgan fingerprint density at radius 2 is 1.33 bits per heavy atom. The van der Waals surface area contributed by atoms with Crippen LogP contribution in [0.15, 0.2) is 12.1 Å². The first-order valence-electron chi connectivity index (χ1n) is 7.63. The van der Waals surface area contributed by atoms with Crippen molar-refractivity contribution in [3.8, 4) is 17.6 Å². The van der Waals surface area contributed by atoms with Crippen LogP contribution in [-0.4, -0.2) is 5.11 Å². The molecule has 116 valence electrons. The van der Waals surface area contributed by atoms with E-state index in [0.29, 0.717) is 5.75 Å². The van der Waals surface area contributed by atoms with Crippen molar-refractivity contribution in [2.45, 2.75) is 73.1 Å². The topological polar surface area (TPSA) is 20.2 Å². The van der Waals surface area contributed by atoms with Crippen LogP contribution < -0.4 is 0 Å². The maximum atomic E-state index is 10.6. The molecule has 1 nitrogen and oxygen atoms in total. The Labute approximate surface area is 130 Å². The zero-order valence-corrected chi connectivity index (χ0v) is 15.1. The van der Waals surface area contributed by atoms with Crippen LogP contribution in [0.5, 0.6) is 5.75 Å². The second kappa shape index (κ2) is 5.41. The Morgan fingerprint density at radius 3 is 1.71 bits per heavy atom. The van der Waals surface area contributed by atoms with Gasteiger partial charge in [-0.05, 0) is 43.2 Å². The van der Waals surface area contributed by atoms with E-state index in [9.17, 15) is 5.11 Å². The lowest BCUT2D eigenvalue weighted by Gasteiger charge is -2.26. The number of rotatable bonds is 0. The summed E-state index contributed by atoms with van der Waals surface area (Å²) in [7, 11) is 0. The molecule has 1 aromatic carbocycles. The summed E-state index contributed by atoms with van der Waals surface area (Å²) in [4.78, 5) is 0. The smallest absolute Gasteiger partial charge is 0.134 e. The van der Waals surface area contributed by atoms with E-state index in [1.165, 1.54) is 5.56 Å². The van der Waals surface area contributed by atoms with Crippen LogP contribution in [0, 0.1) is 17.3 Å². The largest absolute Gasteiger partial charge is 0.506 e. The second-order valence-electron chi connectivity index (χ2n) is 8.92. The SMILES string of the molecule is CC(C)(C)C#Cc1cc(C(C)(C)C)cc(C(C)(C)C)c1O. The molecule has 1 N–H and O–H groups in total. The van der Waals surface area contributed by atoms with E-state index in [-0.39, 0.29) is 16.2 Å². The molecule has 0 amide bonds. The van der Waals surface area contributed by atoms with Crippen LogP contribution in [0.1, 0.15) is 79.0 Å². The molecular weight excluding hydrogens is 256 g/mol. The first-order valence-corrected chi connectivity index (χ1v) is 7.63. The summed E-state index contributed by atoms with van der Waals surface area (Å²) in [6.07, 6.45) is 0. The number of phenolic OH excluding ortho intramolecular Hbond substituents is 1. The van der Waals surface area contributed by atoms with Gasteiger partial charge in [0.2, 0.25) is 0 Å². The van der Waals surface area contributed by atoms with Crippen molar-refractivity contribution in [1.29, 1.82) is 0 Å². The summed E-state index contributed by atoms with van der Waals surface area (Å²) < 4.78 is 0. The van der Waals surface area contributed by atoms with Gasteiger partial charge in [0.15, 0.2) is 0 Å². The molecule has 0 spiro atoms. The molecule has 0 heterocycles. The lowest BCUT2D eigenvalue weighted by Crippen LogP contribution is -2.17. The fourth-order valence-corrected chi connectivity index (χ4v) is 1.99. The van der Waals surface area contributed by atoms with Crippen LogP contribution in [0.3, 0.4) is 0 Å². The predicted molar refractivity (Wildman–Crippen MR) is 91.8 cm³/mol. The van der Waals surface area contributed by atoms with E-state index in [1.807, 2.05) is 6.07 Å². The van der Waals surface area contributed by atoms with E-state index in [1.54, 1.807) is 0 Å². The lowest BCUT2D eigenvalue weighted by molar-refractivity contribution is 0.443. The van der Waals surface area contributed by atoms with Gasteiger partial charge in [-0.15, -0.1) is 0 Å². The Balaban J connectivity index is 3.60. The van der Waals surface area contributed by atoms with Crippen LogP contribution in [-0.2, 0) is 10.8 Å². The fourth-order valence-electron chi connectivity index (χ4n) is 1.99. The van der Waals surface area contributed by atoms with Crippen molar-refractivity contribution in [3.63, 3.8) is 0 Å². The predicted octanol–water partition coefficient (Wildman–Crippen LogP) is 5.38. The minimum atomic E-state index is -0.108. The Bertz CT molecular complexity index is 576. The fraction of sp³-hybridized carbons (Fsp3) is 0.600. The van der Waals surface area contributed by atoms with Gasteiger partial charge in [-0.25, -0.2) is 0 Å². The highest BCUT2D eigenvalue weighted by Gasteiger charge is 2.24. The molecule has 0 bridgehead atoms. The number of hydrogen-bond acceptors (Lipinski definition) is 1. The molecule has 21 heavy (non-hydrogen) atoms. The highest BCUT2D eigenvalue weighted by molar-refractivity contribution is 5.55. The summed E-state index contributed by atoms with van der Waals surface area (Å²) in [6.45, 7) is 19.2. The lowest BCUT2D eigenvalue weighted by atomic mass is 9.79. The van der Waals surface area contributed by atoms with Gasteiger partial charge in [0.25, 0.3) is 0 Å². The van der Waals surface area contributed by atoms with Crippen LogP contribution in [0.25, 0.3) is 0 Å². The van der Waals surface area contributed by atoms with Gasteiger partial charge >= 0.3 is 0 Å². The van der Waals surface area contributed by atoms with Crippen LogP contribution in [0.2, 0.25) is 0 Å². The van der Waals surface area contributed by atoms with E-state index in [4.69, 9.17) is 0 Å². The monoisotopic (exact) mass is 286 g/mol. The molecule has 1 heteroatoms. The molecule has 0 aliphatic heterocycles. The third-order valence-electron chi connectivity index (χ3n) is 3.36. The van der Waals surface area contributed by atoms with Gasteiger partial charge in [-0.1, -0.05) is 59.4 Å². The van der Waals surface area contributed by atoms with Gasteiger partial charge in [0, 0.05) is 11.0 Å². The average Bonchev–Trinajstić information content (AvgIpc) is 2.23. The standard InChI is InChI=1S/C20H30O/c1-18(2,3)11-10-14-12-15(19(4,5)6)13-16(17(14)21)20(7,8)9/h12-13,21H,1-9H3. The van der Waals surface area contributed by atoms with Crippen molar-refractivity contribution >= 4 is 0 Å². The van der Waals surface area contributed by atoms with Crippen molar-refractivity contribution in [3.05, 3.63) is 28.8 Å². The van der Waals surface area contributed by atoms with E-state index >= 15 is 0 Å². The Hall–Kier alpha value is -1.42. The molecule has 1 aromatic rings. The quantitative estimate of drug-likeness (QED) is 0.634. The maximum Gasteiger partial charge on any atom is 0.134 e. The molecular formula is C20H30O. The highest BCUT2D eigenvalue weighted by atomic mass is 16.3. The molecule has 0 saturated carbocycles. The third kappa shape index (κ3) is 4.81. The molecule has 0 unspecified atom stereocenters. The minimum absolute atomic E-state index is 0.0336. The van der Waals surface area contributed by atoms with Crippen molar-refractivity contribution in [2.24, 2.45) is 5.41 Å². The minimum Gasteiger partial charge on any atom is -0.506 e. The average molecular weight is 286 g/mol. The summed E-state index contributed by atoms with van der Waals surface area (Å²) in [5.41, 5.74) is 2.76. The zero-order valence-electron chi connectivity index (χ0n) is 15.1. The van der Waals surface area contributed by atoms with Crippen molar-refractivity contribution in [2.75, 3.05) is 0 Å². The van der Waals surface area contributed by atoms with E-state index in [0.717, 1.165) is 11.1 Å². The van der Waals surface area contributed by atoms with E-state index in [2.05, 4.69) is 80.2 Å². The first kappa shape index (κ1) is 17.6. The van der Waals surface area contributed by atoms with Gasteiger partial charge in [-0.3, -0.25) is 0 Å². The molecule has 0 saturated heterocycles. The first-order chi connectivity index (χ1) is 9.22. The number of benzene rings is 1. The molecule has 0 aromatic heterocycles. The van der Waals surface area contributed by atoms with Gasteiger partial charge < -0.3 is 5.11 Å². The van der Waals surface area contributed by atoms with Crippen LogP contribution >= 0.6 is 0 Å². The van der Waals surface area contributed by atoms with Crippen molar-refractivity contribution in [1.82, 2.24) is 0 Å². The van der Waals surface area contributed by atoms with Crippen molar-refractivity contribution < 1.29 is 5.11 Å². The summed E-state index contributed by atoms with van der Waals surface area (Å²) in [5.74, 6) is 6.73. The molecule has 1 rings (SSSR count). The van der Waals surface area contributed by atoms with Gasteiger partial charge in [0.05, 0.1) is 5.56 Å². The highest BCUT2D eigenvalue weighted by Crippen LogP contribution is 2.37. The Kier molecular flexibility index (Phi) is 4.54. The van der Waals surface area contributed by atoms with Gasteiger partial charge in [0.1, 0.15) is 5.75 Å². The summed E-state index contributed by atoms with van der Waals surface area (Å²) in [6, 6.07) is 4.15. The van der Waals surface area contributed by atoms with Crippen LogP contribution in [0.4, 0.5) is 0 Å².